The molecular weight excluding hydrogens is 326 g/mol. The maximum absolute atomic E-state index is 13.3. The van der Waals surface area contributed by atoms with Crippen molar-refractivity contribution in [2.45, 2.75) is 64.5 Å². The van der Waals surface area contributed by atoms with Gasteiger partial charge in [0.1, 0.15) is 6.04 Å². The number of hydrogen-bond donors (Lipinski definition) is 2. The number of fused-ring (bicyclic) bond motifs is 1. The molecule has 3 rings (SSSR count). The average molecular weight is 357 g/mol. The molecule has 2 fully saturated rings. The maximum Gasteiger partial charge on any atom is 0.319 e. The zero-order valence-electron chi connectivity index (χ0n) is 15.9. The monoisotopic (exact) mass is 357 g/mol. The fourth-order valence-electron chi connectivity index (χ4n) is 4.42. The molecule has 1 saturated carbocycles. The van der Waals surface area contributed by atoms with Crippen LogP contribution in [-0.4, -0.2) is 35.5 Å². The number of amides is 3. The lowest BCUT2D eigenvalue weighted by atomic mass is 9.78. The number of hydrogen-bond acceptors (Lipinski definition) is 2. The number of nitrogens with zero attached hydrogens (tertiary/aromatic N) is 1. The van der Waals surface area contributed by atoms with Gasteiger partial charge in [0.05, 0.1) is 0 Å². The van der Waals surface area contributed by atoms with E-state index < -0.39 is 6.04 Å². The molecule has 1 saturated heterocycles. The first kappa shape index (κ1) is 18.7. The average Bonchev–Trinajstić information content (AvgIpc) is 2.65. The van der Waals surface area contributed by atoms with E-state index >= 15 is 0 Å². The van der Waals surface area contributed by atoms with Gasteiger partial charge in [-0.05, 0) is 49.7 Å². The van der Waals surface area contributed by atoms with Gasteiger partial charge < -0.3 is 15.5 Å². The van der Waals surface area contributed by atoms with Crippen molar-refractivity contribution < 1.29 is 9.59 Å². The zero-order valence-corrected chi connectivity index (χ0v) is 15.9. The quantitative estimate of drug-likeness (QED) is 0.855. The minimum absolute atomic E-state index is 0.0491. The lowest BCUT2D eigenvalue weighted by Gasteiger charge is -2.45. The standard InChI is InChI=1S/C21H31N3O2/c1-15(2)19(23-21(26)22-17-11-4-3-5-12-17)20(25)24-14-8-10-16-9-6-7-13-18(16)24/h3-5,11-12,15-16,18-19H,6-10,13-14H2,1-2H3,(H2,22,23,26). The van der Waals surface area contributed by atoms with Crippen molar-refractivity contribution in [1.82, 2.24) is 10.2 Å². The van der Waals surface area contributed by atoms with Crippen LogP contribution in [0.3, 0.4) is 0 Å². The Bertz CT molecular complexity index is 615. The summed E-state index contributed by atoms with van der Waals surface area (Å²) in [5, 5.41) is 5.74. The van der Waals surface area contributed by atoms with E-state index in [9.17, 15) is 9.59 Å². The second-order valence-electron chi connectivity index (χ2n) is 7.97. The van der Waals surface area contributed by atoms with Crippen molar-refractivity contribution in [3.05, 3.63) is 30.3 Å². The number of benzene rings is 1. The minimum atomic E-state index is -0.487. The number of nitrogens with one attached hydrogen (secondary N) is 2. The van der Waals surface area contributed by atoms with Crippen LogP contribution in [0.25, 0.3) is 0 Å². The molecule has 2 N–H and O–H groups in total. The highest BCUT2D eigenvalue weighted by molar-refractivity contribution is 5.94. The van der Waals surface area contributed by atoms with Gasteiger partial charge in [0.2, 0.25) is 5.91 Å². The van der Waals surface area contributed by atoms with E-state index in [1.54, 1.807) is 0 Å². The Labute approximate surface area is 156 Å². The Morgan fingerprint density at radius 3 is 2.46 bits per heavy atom. The van der Waals surface area contributed by atoms with Crippen LogP contribution in [0.15, 0.2) is 30.3 Å². The summed E-state index contributed by atoms with van der Waals surface area (Å²) in [5.74, 6) is 0.778. The van der Waals surface area contributed by atoms with Crippen molar-refractivity contribution in [1.29, 1.82) is 0 Å². The van der Waals surface area contributed by atoms with E-state index in [1.165, 1.54) is 25.7 Å². The first-order valence-corrected chi connectivity index (χ1v) is 9.99. The van der Waals surface area contributed by atoms with Crippen LogP contribution >= 0.6 is 0 Å². The molecule has 3 amide bonds. The molecule has 0 spiro atoms. The summed E-state index contributed by atoms with van der Waals surface area (Å²) in [6.45, 7) is 4.81. The van der Waals surface area contributed by atoms with Gasteiger partial charge in [-0.2, -0.15) is 0 Å². The van der Waals surface area contributed by atoms with E-state index in [0.29, 0.717) is 12.0 Å². The van der Waals surface area contributed by atoms with E-state index in [0.717, 1.165) is 25.1 Å². The first-order chi connectivity index (χ1) is 12.6. The Balaban J connectivity index is 1.66. The highest BCUT2D eigenvalue weighted by atomic mass is 16.2. The van der Waals surface area contributed by atoms with Crippen LogP contribution in [0.1, 0.15) is 52.4 Å². The third-order valence-electron chi connectivity index (χ3n) is 5.78. The smallest absolute Gasteiger partial charge is 0.319 e. The molecule has 142 valence electrons. The molecule has 3 unspecified atom stereocenters. The number of likely N-dealkylation sites (tertiary alicyclic amines) is 1. The number of anilines is 1. The number of carbonyl (C=O) groups excluding carboxylic acids is 2. The second-order valence-corrected chi connectivity index (χ2v) is 7.97. The number of para-hydroxylation sites is 1. The molecule has 0 radical (unpaired) electrons. The summed E-state index contributed by atoms with van der Waals surface area (Å²) in [6, 6.07) is 8.88. The predicted octanol–water partition coefficient (Wildman–Crippen LogP) is 4.01. The molecule has 0 aromatic heterocycles. The van der Waals surface area contributed by atoms with Crippen molar-refractivity contribution in [2.75, 3.05) is 11.9 Å². The second kappa shape index (κ2) is 8.56. The van der Waals surface area contributed by atoms with Crippen LogP contribution in [0.4, 0.5) is 10.5 Å². The summed E-state index contributed by atoms with van der Waals surface area (Å²) in [4.78, 5) is 27.7. The molecular formula is C21H31N3O2. The molecule has 3 atom stereocenters. The Kier molecular flexibility index (Phi) is 6.17. The van der Waals surface area contributed by atoms with Gasteiger partial charge in [0, 0.05) is 18.3 Å². The third kappa shape index (κ3) is 4.37. The molecule has 1 aromatic rings. The summed E-state index contributed by atoms with van der Waals surface area (Å²) >= 11 is 0. The van der Waals surface area contributed by atoms with E-state index in [4.69, 9.17) is 0 Å². The van der Waals surface area contributed by atoms with E-state index in [2.05, 4.69) is 15.5 Å². The highest BCUT2D eigenvalue weighted by Crippen LogP contribution is 2.35. The van der Waals surface area contributed by atoms with Gasteiger partial charge in [-0.15, -0.1) is 0 Å². The number of piperidine rings is 1. The van der Waals surface area contributed by atoms with Gasteiger partial charge in [0.25, 0.3) is 0 Å². The zero-order chi connectivity index (χ0) is 18.5. The first-order valence-electron chi connectivity index (χ1n) is 9.99. The summed E-state index contributed by atoms with van der Waals surface area (Å²) in [6.07, 6.45) is 7.16. The van der Waals surface area contributed by atoms with Crippen LogP contribution < -0.4 is 10.6 Å². The lowest BCUT2D eigenvalue weighted by Crippen LogP contribution is -2.58. The molecule has 2 aliphatic rings. The topological polar surface area (TPSA) is 61.4 Å². The van der Waals surface area contributed by atoms with Crippen molar-refractivity contribution in [3.63, 3.8) is 0 Å². The molecule has 26 heavy (non-hydrogen) atoms. The Morgan fingerprint density at radius 2 is 1.73 bits per heavy atom. The Morgan fingerprint density at radius 1 is 1.04 bits per heavy atom. The van der Waals surface area contributed by atoms with Crippen molar-refractivity contribution in [3.8, 4) is 0 Å². The predicted molar refractivity (Wildman–Crippen MR) is 104 cm³/mol. The van der Waals surface area contributed by atoms with Gasteiger partial charge in [-0.3, -0.25) is 4.79 Å². The van der Waals surface area contributed by atoms with E-state index in [-0.39, 0.29) is 17.9 Å². The maximum atomic E-state index is 13.3. The largest absolute Gasteiger partial charge is 0.338 e. The van der Waals surface area contributed by atoms with Gasteiger partial charge in [-0.1, -0.05) is 44.9 Å². The highest BCUT2D eigenvalue weighted by Gasteiger charge is 2.39. The van der Waals surface area contributed by atoms with Crippen LogP contribution in [0.2, 0.25) is 0 Å². The number of carbonyl (C=O) groups is 2. The molecule has 5 nitrogen and oxygen atoms in total. The SMILES string of the molecule is CC(C)C(NC(=O)Nc1ccccc1)C(=O)N1CCCC2CCCCC21. The molecule has 1 aromatic carbocycles. The van der Waals surface area contributed by atoms with Crippen LogP contribution in [-0.2, 0) is 4.79 Å². The summed E-state index contributed by atoms with van der Waals surface area (Å²) in [5.41, 5.74) is 0.727. The molecule has 1 aliphatic heterocycles. The minimum Gasteiger partial charge on any atom is -0.338 e. The molecule has 1 aliphatic carbocycles. The summed E-state index contributed by atoms with van der Waals surface area (Å²) < 4.78 is 0. The third-order valence-corrected chi connectivity index (χ3v) is 5.78. The lowest BCUT2D eigenvalue weighted by molar-refractivity contribution is -0.140. The molecule has 1 heterocycles. The van der Waals surface area contributed by atoms with Crippen molar-refractivity contribution in [2.24, 2.45) is 11.8 Å². The van der Waals surface area contributed by atoms with E-state index in [1.807, 2.05) is 44.2 Å². The van der Waals surface area contributed by atoms with Crippen molar-refractivity contribution >= 4 is 17.6 Å². The summed E-state index contributed by atoms with van der Waals surface area (Å²) in [7, 11) is 0. The van der Waals surface area contributed by atoms with Crippen LogP contribution in [0.5, 0.6) is 0 Å². The number of rotatable bonds is 4. The normalized spacial score (nSPS) is 23.9. The fourth-order valence-corrected chi connectivity index (χ4v) is 4.42. The fraction of sp³-hybridized carbons (Fsp3) is 0.619. The molecule has 5 heteroatoms. The van der Waals surface area contributed by atoms with Gasteiger partial charge in [-0.25, -0.2) is 4.79 Å². The number of urea groups is 1. The molecule has 0 bridgehead atoms. The van der Waals surface area contributed by atoms with Gasteiger partial charge in [0.15, 0.2) is 0 Å². The van der Waals surface area contributed by atoms with Crippen LogP contribution in [0, 0.1) is 11.8 Å². The Hall–Kier alpha value is -2.04. The van der Waals surface area contributed by atoms with Gasteiger partial charge >= 0.3 is 6.03 Å².